The molecule has 0 spiro atoms. The van der Waals surface area contributed by atoms with Gasteiger partial charge in [-0.3, -0.25) is 4.79 Å². The van der Waals surface area contributed by atoms with E-state index >= 15 is 0 Å². The third-order valence-corrected chi connectivity index (χ3v) is 2.92. The molecular weight excluding hydrogens is 277 g/mol. The molecule has 1 aromatic carbocycles. The number of carbonyl (C=O) groups is 2. The van der Waals surface area contributed by atoms with E-state index in [-0.39, 0.29) is 28.2 Å². The second-order valence-electron chi connectivity index (χ2n) is 4.10. The normalized spacial score (nSPS) is 9.95. The predicted molar refractivity (Wildman–Crippen MR) is 71.6 cm³/mol. The number of aldehydes is 1. The lowest BCUT2D eigenvalue weighted by atomic mass is 10.2. The van der Waals surface area contributed by atoms with Crippen LogP contribution in [0.1, 0.15) is 26.4 Å². The Hall–Kier alpha value is -3.14. The highest BCUT2D eigenvalue weighted by Crippen LogP contribution is 2.26. The Morgan fingerprint density at radius 1 is 1.52 bits per heavy atom. The molecule has 2 rings (SSSR count). The summed E-state index contributed by atoms with van der Waals surface area (Å²) in [6, 6.07) is 5.30. The van der Waals surface area contributed by atoms with Gasteiger partial charge in [0, 0.05) is 11.8 Å². The van der Waals surface area contributed by atoms with E-state index < -0.39 is 11.8 Å². The smallest absolute Gasteiger partial charge is 0.357 e. The molecule has 1 heterocycles. The minimum atomic E-state index is -0.768. The molecule has 0 radical (unpaired) electrons. The quantitative estimate of drug-likeness (QED) is 0.684. The van der Waals surface area contributed by atoms with Crippen molar-refractivity contribution in [2.45, 2.75) is 0 Å². The highest BCUT2D eigenvalue weighted by Gasteiger charge is 2.22. The van der Waals surface area contributed by atoms with Crippen molar-refractivity contribution in [1.82, 2.24) is 4.57 Å². The van der Waals surface area contributed by atoms with E-state index in [0.29, 0.717) is 6.29 Å². The molecule has 2 N–H and O–H groups in total. The molecule has 0 aliphatic heterocycles. The van der Waals surface area contributed by atoms with Crippen molar-refractivity contribution >= 4 is 17.9 Å². The second-order valence-corrected chi connectivity index (χ2v) is 4.10. The Kier molecular flexibility index (Phi) is 3.71. The minimum Gasteiger partial charge on any atom is -0.464 e. The molecule has 0 aliphatic carbocycles. The summed E-state index contributed by atoms with van der Waals surface area (Å²) in [5.41, 5.74) is 5.87. The minimum absolute atomic E-state index is 0.0136. The van der Waals surface area contributed by atoms with E-state index in [4.69, 9.17) is 11.0 Å². The van der Waals surface area contributed by atoms with Gasteiger partial charge < -0.3 is 15.0 Å². The van der Waals surface area contributed by atoms with Gasteiger partial charge in [0.25, 0.3) is 0 Å². The average molecular weight is 287 g/mol. The molecule has 0 bridgehead atoms. The van der Waals surface area contributed by atoms with Crippen molar-refractivity contribution in [2.75, 3.05) is 12.8 Å². The lowest BCUT2D eigenvalue weighted by molar-refractivity contribution is 0.0592. The van der Waals surface area contributed by atoms with E-state index in [1.807, 2.05) is 6.07 Å². The largest absolute Gasteiger partial charge is 0.464 e. The Morgan fingerprint density at radius 3 is 2.81 bits per heavy atom. The topological polar surface area (TPSA) is 98.1 Å². The van der Waals surface area contributed by atoms with Crippen LogP contribution in [0.15, 0.2) is 24.4 Å². The number of rotatable bonds is 3. The highest BCUT2D eigenvalue weighted by atomic mass is 19.1. The Labute approximate surface area is 119 Å². The van der Waals surface area contributed by atoms with Crippen LogP contribution in [0.2, 0.25) is 0 Å². The summed E-state index contributed by atoms with van der Waals surface area (Å²) in [7, 11) is 1.16. The molecule has 2 aromatic rings. The van der Waals surface area contributed by atoms with E-state index in [1.165, 1.54) is 16.8 Å². The summed E-state index contributed by atoms with van der Waals surface area (Å²) < 4.78 is 19.1. The van der Waals surface area contributed by atoms with Gasteiger partial charge in [-0.25, -0.2) is 9.18 Å². The molecule has 0 amide bonds. The maximum absolute atomic E-state index is 13.2. The van der Waals surface area contributed by atoms with Crippen molar-refractivity contribution in [2.24, 2.45) is 0 Å². The lowest BCUT2D eigenvalue weighted by Crippen LogP contribution is -2.12. The van der Waals surface area contributed by atoms with Gasteiger partial charge >= 0.3 is 5.97 Å². The molecule has 6 nitrogen and oxygen atoms in total. The molecule has 0 unspecified atom stereocenters. The van der Waals surface area contributed by atoms with Gasteiger partial charge in [0.2, 0.25) is 0 Å². The monoisotopic (exact) mass is 287 g/mol. The molecule has 21 heavy (non-hydrogen) atoms. The zero-order chi connectivity index (χ0) is 15.6. The summed E-state index contributed by atoms with van der Waals surface area (Å²) >= 11 is 0. The number of carbonyl (C=O) groups excluding carboxylic acids is 2. The van der Waals surface area contributed by atoms with Gasteiger partial charge in [-0.2, -0.15) is 5.26 Å². The number of esters is 1. The van der Waals surface area contributed by atoms with Crippen LogP contribution >= 0.6 is 0 Å². The number of halogens is 1. The van der Waals surface area contributed by atoms with E-state index in [2.05, 4.69) is 4.74 Å². The standard InChI is InChI=1S/C14H10FN3O3/c1-21-14(20)13-12(17)9(5-16)6-18(13)11-3-2-10(15)4-8(11)7-19/h2-4,6-7H,17H2,1H3. The number of hydrogen-bond acceptors (Lipinski definition) is 5. The Balaban J connectivity index is 2.78. The molecule has 0 atom stereocenters. The van der Waals surface area contributed by atoms with Gasteiger partial charge in [0.1, 0.15) is 11.9 Å². The first-order valence-electron chi connectivity index (χ1n) is 5.77. The zero-order valence-electron chi connectivity index (χ0n) is 11.0. The maximum Gasteiger partial charge on any atom is 0.357 e. The van der Waals surface area contributed by atoms with E-state index in [9.17, 15) is 14.0 Å². The van der Waals surface area contributed by atoms with Crippen molar-refractivity contribution in [3.05, 3.63) is 47.0 Å². The third kappa shape index (κ3) is 2.34. The van der Waals surface area contributed by atoms with Gasteiger partial charge in [-0.1, -0.05) is 0 Å². The van der Waals surface area contributed by atoms with Crippen LogP contribution in [0.4, 0.5) is 10.1 Å². The number of benzene rings is 1. The molecule has 0 saturated heterocycles. The number of hydrogen-bond donors (Lipinski definition) is 1. The summed E-state index contributed by atoms with van der Waals surface area (Å²) in [6.07, 6.45) is 1.74. The van der Waals surface area contributed by atoms with Crippen molar-refractivity contribution in [3.63, 3.8) is 0 Å². The van der Waals surface area contributed by atoms with Crippen molar-refractivity contribution < 1.29 is 18.7 Å². The number of aromatic nitrogens is 1. The van der Waals surface area contributed by atoms with Crippen molar-refractivity contribution in [3.8, 4) is 11.8 Å². The molecular formula is C14H10FN3O3. The zero-order valence-corrected chi connectivity index (χ0v) is 11.0. The van der Waals surface area contributed by atoms with Crippen LogP contribution in [-0.2, 0) is 4.74 Å². The number of nitriles is 1. The number of nitrogens with two attached hydrogens (primary N) is 1. The Morgan fingerprint density at radius 2 is 2.24 bits per heavy atom. The number of nitrogen functional groups attached to an aromatic ring is 1. The molecule has 0 fully saturated rings. The van der Waals surface area contributed by atoms with Crippen LogP contribution in [0, 0.1) is 17.1 Å². The third-order valence-electron chi connectivity index (χ3n) is 2.92. The number of nitrogens with zero attached hydrogens (tertiary/aromatic N) is 2. The molecule has 0 aliphatic rings. The van der Waals surface area contributed by atoms with Crippen LogP contribution < -0.4 is 5.73 Å². The van der Waals surface area contributed by atoms with Crippen LogP contribution in [0.3, 0.4) is 0 Å². The molecule has 1 aromatic heterocycles. The first kappa shape index (κ1) is 14.3. The van der Waals surface area contributed by atoms with Crippen LogP contribution in [0.5, 0.6) is 0 Å². The van der Waals surface area contributed by atoms with Crippen molar-refractivity contribution in [1.29, 1.82) is 5.26 Å². The number of ether oxygens (including phenoxy) is 1. The van der Waals surface area contributed by atoms with Gasteiger partial charge in [-0.05, 0) is 18.2 Å². The van der Waals surface area contributed by atoms with Crippen LogP contribution in [-0.4, -0.2) is 23.9 Å². The fraction of sp³-hybridized carbons (Fsp3) is 0.0714. The lowest BCUT2D eigenvalue weighted by Gasteiger charge is -2.10. The van der Waals surface area contributed by atoms with Gasteiger partial charge in [-0.15, -0.1) is 0 Å². The first-order valence-corrected chi connectivity index (χ1v) is 5.77. The SMILES string of the molecule is COC(=O)c1c(N)c(C#N)cn1-c1ccc(F)cc1C=O. The van der Waals surface area contributed by atoms with Gasteiger partial charge in [0.05, 0.1) is 24.0 Å². The predicted octanol–water partition coefficient (Wildman–Crippen LogP) is 1.67. The summed E-state index contributed by atoms with van der Waals surface area (Å²) in [4.78, 5) is 22.9. The fourth-order valence-corrected chi connectivity index (χ4v) is 1.94. The second kappa shape index (κ2) is 5.46. The summed E-state index contributed by atoms with van der Waals surface area (Å²) in [5.74, 6) is -1.36. The summed E-state index contributed by atoms with van der Waals surface area (Å²) in [5, 5.41) is 9.00. The molecule has 7 heteroatoms. The first-order chi connectivity index (χ1) is 10.0. The Bertz CT molecular complexity index is 775. The van der Waals surface area contributed by atoms with E-state index in [0.717, 1.165) is 19.2 Å². The summed E-state index contributed by atoms with van der Waals surface area (Å²) in [6.45, 7) is 0. The van der Waals surface area contributed by atoms with Gasteiger partial charge in [0.15, 0.2) is 12.0 Å². The fourth-order valence-electron chi connectivity index (χ4n) is 1.94. The van der Waals surface area contributed by atoms with Crippen LogP contribution in [0.25, 0.3) is 5.69 Å². The maximum atomic E-state index is 13.2. The highest BCUT2D eigenvalue weighted by molar-refractivity contribution is 5.96. The average Bonchev–Trinajstić information content (AvgIpc) is 2.82. The number of anilines is 1. The molecule has 0 saturated carbocycles. The molecule has 106 valence electrons. The number of methoxy groups -OCH3 is 1. The van der Waals surface area contributed by atoms with E-state index in [1.54, 1.807) is 0 Å².